The highest BCUT2D eigenvalue weighted by Gasteiger charge is 2.26. The van der Waals surface area contributed by atoms with E-state index < -0.39 is 10.0 Å². The fourth-order valence-electron chi connectivity index (χ4n) is 2.37. The lowest BCUT2D eigenvalue weighted by molar-refractivity contribution is 0.00858. The first kappa shape index (κ1) is 15.8. The van der Waals surface area contributed by atoms with Crippen LogP contribution in [0.2, 0.25) is 0 Å². The van der Waals surface area contributed by atoms with E-state index in [1.807, 2.05) is 0 Å². The fourth-order valence-corrected chi connectivity index (χ4v) is 3.93. The van der Waals surface area contributed by atoms with E-state index in [0.717, 1.165) is 31.6 Å². The van der Waals surface area contributed by atoms with Crippen LogP contribution in [0.5, 0.6) is 0 Å². The maximum Gasteiger partial charge on any atom is 0.244 e. The Kier molecular flexibility index (Phi) is 5.12. The first-order valence-corrected chi connectivity index (χ1v) is 8.71. The van der Waals surface area contributed by atoms with Gasteiger partial charge >= 0.3 is 0 Å². The van der Waals surface area contributed by atoms with E-state index in [0.29, 0.717) is 12.4 Å². The summed E-state index contributed by atoms with van der Waals surface area (Å²) in [6.07, 6.45) is 4.68. The third-order valence-electron chi connectivity index (χ3n) is 3.66. The van der Waals surface area contributed by atoms with E-state index in [-0.39, 0.29) is 11.0 Å². The Morgan fingerprint density at radius 3 is 2.80 bits per heavy atom. The average molecular weight is 321 g/mol. The molecule has 0 aromatic carbocycles. The van der Waals surface area contributed by atoms with E-state index in [9.17, 15) is 8.42 Å². The highest BCUT2D eigenvalue weighted by Crippen LogP contribution is 2.21. The number of hydrogen-bond acceptors (Lipinski definition) is 3. The second kappa shape index (κ2) is 6.47. The summed E-state index contributed by atoms with van der Waals surface area (Å²) in [6, 6.07) is 1.63. The van der Waals surface area contributed by atoms with Crippen LogP contribution in [-0.4, -0.2) is 43.6 Å². The normalized spacial score (nSPS) is 20.5. The van der Waals surface area contributed by atoms with Gasteiger partial charge in [0.1, 0.15) is 4.90 Å². The number of sulfonamides is 1. The van der Waals surface area contributed by atoms with Crippen molar-refractivity contribution >= 4 is 21.6 Å². The Bertz CT molecular complexity index is 550. The minimum atomic E-state index is -3.48. The molecule has 0 amide bonds. The summed E-state index contributed by atoms with van der Waals surface area (Å²) in [7, 11) is -0.0857. The molecule has 0 radical (unpaired) electrons. The average Bonchev–Trinajstić information content (AvgIpc) is 2.81. The Balaban J connectivity index is 2.11. The fraction of sp³-hybridized carbons (Fsp3) is 0.692. The topological polar surface area (TPSA) is 51.5 Å². The van der Waals surface area contributed by atoms with Gasteiger partial charge in [0, 0.05) is 39.1 Å². The summed E-state index contributed by atoms with van der Waals surface area (Å²) in [5, 5.41) is 0. The zero-order valence-corrected chi connectivity index (χ0v) is 13.5. The van der Waals surface area contributed by atoms with E-state index >= 15 is 0 Å². The molecule has 1 aromatic heterocycles. The third kappa shape index (κ3) is 3.36. The number of nitrogens with zero attached hydrogens (tertiary/aromatic N) is 2. The molecule has 1 atom stereocenters. The molecule has 1 aliphatic heterocycles. The molecule has 7 heteroatoms. The lowest BCUT2D eigenvalue weighted by Gasteiger charge is -2.26. The summed E-state index contributed by atoms with van der Waals surface area (Å²) in [4.78, 5) is 0.286. The second-order valence-corrected chi connectivity index (χ2v) is 7.50. The maximum atomic E-state index is 12.5. The molecule has 20 heavy (non-hydrogen) atoms. The van der Waals surface area contributed by atoms with Gasteiger partial charge in [-0.1, -0.05) is 0 Å². The van der Waals surface area contributed by atoms with Gasteiger partial charge in [-0.3, -0.25) is 0 Å². The molecule has 2 rings (SSSR count). The van der Waals surface area contributed by atoms with Crippen LogP contribution in [0.15, 0.2) is 17.2 Å². The molecule has 1 aliphatic rings. The lowest BCUT2D eigenvalue weighted by Crippen LogP contribution is -2.37. The molecule has 114 valence electrons. The van der Waals surface area contributed by atoms with Crippen molar-refractivity contribution < 1.29 is 13.2 Å². The van der Waals surface area contributed by atoms with Crippen molar-refractivity contribution in [2.45, 2.75) is 36.1 Å². The molecule has 1 aromatic rings. The van der Waals surface area contributed by atoms with Crippen LogP contribution in [0, 0.1) is 0 Å². The number of alkyl halides is 1. The summed E-state index contributed by atoms with van der Waals surface area (Å²) in [5.41, 5.74) is 0.785. The Hall–Kier alpha value is -0.560. The summed E-state index contributed by atoms with van der Waals surface area (Å²) in [6.45, 7) is 1.12. The van der Waals surface area contributed by atoms with Gasteiger partial charge in [0.15, 0.2) is 0 Å². The van der Waals surface area contributed by atoms with Crippen molar-refractivity contribution in [2.24, 2.45) is 7.05 Å². The molecule has 5 nitrogen and oxygen atoms in total. The number of rotatable bonds is 5. The van der Waals surface area contributed by atoms with Gasteiger partial charge in [0.2, 0.25) is 10.0 Å². The number of aromatic nitrogens is 1. The van der Waals surface area contributed by atoms with Gasteiger partial charge in [0.05, 0.1) is 12.0 Å². The van der Waals surface area contributed by atoms with Gasteiger partial charge in [0.25, 0.3) is 0 Å². The Morgan fingerprint density at radius 2 is 2.25 bits per heavy atom. The highest BCUT2D eigenvalue weighted by molar-refractivity contribution is 7.89. The van der Waals surface area contributed by atoms with E-state index in [1.54, 1.807) is 30.9 Å². The van der Waals surface area contributed by atoms with Crippen molar-refractivity contribution in [1.82, 2.24) is 8.87 Å². The van der Waals surface area contributed by atoms with E-state index in [1.165, 1.54) is 4.31 Å². The summed E-state index contributed by atoms with van der Waals surface area (Å²) >= 11 is 5.78. The molecular formula is C13H21ClN2O3S. The van der Waals surface area contributed by atoms with Crippen LogP contribution >= 0.6 is 11.6 Å². The van der Waals surface area contributed by atoms with E-state index in [4.69, 9.17) is 16.3 Å². The Labute approximate surface area is 125 Å². The number of aryl methyl sites for hydroxylation is 1. The number of likely N-dealkylation sites (N-methyl/N-ethyl adjacent to an activating group) is 1. The van der Waals surface area contributed by atoms with Crippen molar-refractivity contribution in [3.05, 3.63) is 18.0 Å². The predicted molar refractivity (Wildman–Crippen MR) is 78.4 cm³/mol. The summed E-state index contributed by atoms with van der Waals surface area (Å²) in [5.74, 6) is 0.293. The largest absolute Gasteiger partial charge is 0.377 e. The first-order valence-electron chi connectivity index (χ1n) is 6.74. The molecule has 1 saturated heterocycles. The second-order valence-electron chi connectivity index (χ2n) is 5.19. The smallest absolute Gasteiger partial charge is 0.244 e. The minimum absolute atomic E-state index is 0.000246. The lowest BCUT2D eigenvalue weighted by atomic mass is 10.1. The summed E-state index contributed by atoms with van der Waals surface area (Å²) < 4.78 is 33.7. The van der Waals surface area contributed by atoms with E-state index in [2.05, 4.69) is 0 Å². The van der Waals surface area contributed by atoms with Crippen LogP contribution in [0.4, 0.5) is 0 Å². The quantitative estimate of drug-likeness (QED) is 0.779. The predicted octanol–water partition coefficient (Wildman–Crippen LogP) is 1.95. The molecule has 1 fully saturated rings. The molecule has 0 aliphatic carbocycles. The van der Waals surface area contributed by atoms with Crippen molar-refractivity contribution in [3.8, 4) is 0 Å². The third-order valence-corrected chi connectivity index (χ3v) is 5.73. The number of ether oxygens (including phenoxy) is 1. The number of hydrogen-bond donors (Lipinski definition) is 0. The van der Waals surface area contributed by atoms with Gasteiger partial charge in [-0.2, -0.15) is 4.31 Å². The highest BCUT2D eigenvalue weighted by atomic mass is 35.5. The monoisotopic (exact) mass is 320 g/mol. The molecule has 0 N–H and O–H groups in total. The molecule has 0 saturated carbocycles. The molecular weight excluding hydrogens is 300 g/mol. The molecule has 2 heterocycles. The Morgan fingerprint density at radius 1 is 1.50 bits per heavy atom. The zero-order valence-electron chi connectivity index (χ0n) is 11.9. The minimum Gasteiger partial charge on any atom is -0.377 e. The van der Waals surface area contributed by atoms with Crippen LogP contribution < -0.4 is 0 Å². The molecule has 0 spiro atoms. The molecule has 0 bridgehead atoms. The first-order chi connectivity index (χ1) is 9.45. The number of halogens is 1. The van der Waals surface area contributed by atoms with Crippen molar-refractivity contribution in [1.29, 1.82) is 0 Å². The standard InChI is InChI=1S/C13H21ClN2O3S/c1-15-10-13(7-11(15)8-14)20(17,18)16(2)9-12-5-3-4-6-19-12/h7,10,12H,3-6,8-9H2,1-2H3. The van der Waals surface area contributed by atoms with Crippen molar-refractivity contribution in [2.75, 3.05) is 20.2 Å². The SMILES string of the molecule is CN(CC1CCCCO1)S(=O)(=O)c1cc(CCl)n(C)c1. The van der Waals surface area contributed by atoms with Crippen LogP contribution in [0.1, 0.15) is 25.0 Å². The van der Waals surface area contributed by atoms with Crippen molar-refractivity contribution in [3.63, 3.8) is 0 Å². The van der Waals surface area contributed by atoms with Crippen LogP contribution in [0.3, 0.4) is 0 Å². The van der Waals surface area contributed by atoms with Gasteiger partial charge in [-0.15, -0.1) is 11.6 Å². The van der Waals surface area contributed by atoms with Gasteiger partial charge in [-0.05, 0) is 25.3 Å². The molecule has 1 unspecified atom stereocenters. The van der Waals surface area contributed by atoms with Gasteiger partial charge < -0.3 is 9.30 Å². The zero-order chi connectivity index (χ0) is 14.8. The van der Waals surface area contributed by atoms with Gasteiger partial charge in [-0.25, -0.2) is 8.42 Å². The maximum absolute atomic E-state index is 12.5. The van der Waals surface area contributed by atoms with Crippen LogP contribution in [-0.2, 0) is 27.7 Å². The van der Waals surface area contributed by atoms with Crippen LogP contribution in [0.25, 0.3) is 0 Å².